The van der Waals surface area contributed by atoms with Crippen molar-refractivity contribution in [3.8, 4) is 0 Å². The first kappa shape index (κ1) is 15.4. The van der Waals surface area contributed by atoms with Crippen LogP contribution in [0.4, 0.5) is 4.79 Å². The molecule has 21 heavy (non-hydrogen) atoms. The second-order valence-corrected chi connectivity index (χ2v) is 5.49. The zero-order chi connectivity index (χ0) is 15.2. The summed E-state index contributed by atoms with van der Waals surface area (Å²) in [4.78, 5) is 23.5. The predicted molar refractivity (Wildman–Crippen MR) is 76.2 cm³/mol. The average Bonchev–Trinajstić information content (AvgIpc) is 2.88. The Balaban J connectivity index is 1.76. The molecule has 116 valence electrons. The van der Waals surface area contributed by atoms with Crippen molar-refractivity contribution in [2.45, 2.75) is 57.7 Å². The molecule has 0 bridgehead atoms. The lowest BCUT2D eigenvalue weighted by Crippen LogP contribution is -2.46. The van der Waals surface area contributed by atoms with Gasteiger partial charge in [-0.1, -0.05) is 24.5 Å². The van der Waals surface area contributed by atoms with Crippen molar-refractivity contribution >= 4 is 11.9 Å². The van der Waals surface area contributed by atoms with E-state index < -0.39 is 11.9 Å². The van der Waals surface area contributed by atoms with Gasteiger partial charge in [-0.25, -0.2) is 9.48 Å². The maximum absolute atomic E-state index is 11.8. The molecule has 1 aliphatic rings. The van der Waals surface area contributed by atoms with Crippen LogP contribution in [0.3, 0.4) is 0 Å². The van der Waals surface area contributed by atoms with Crippen LogP contribution in [0.5, 0.6) is 0 Å². The van der Waals surface area contributed by atoms with Crippen LogP contribution < -0.4 is 16.4 Å². The summed E-state index contributed by atoms with van der Waals surface area (Å²) in [5.74, 6) is -0.426. The lowest BCUT2D eigenvalue weighted by Gasteiger charge is -2.22. The molecule has 1 unspecified atom stereocenters. The van der Waals surface area contributed by atoms with Gasteiger partial charge in [0.1, 0.15) is 6.54 Å². The largest absolute Gasteiger partial charge is 0.335 e. The first-order valence-corrected chi connectivity index (χ1v) is 7.30. The van der Waals surface area contributed by atoms with Crippen LogP contribution >= 0.6 is 0 Å². The van der Waals surface area contributed by atoms with Gasteiger partial charge >= 0.3 is 6.03 Å². The molecule has 0 saturated heterocycles. The summed E-state index contributed by atoms with van der Waals surface area (Å²) in [5, 5.41) is 12.8. The summed E-state index contributed by atoms with van der Waals surface area (Å²) in [5.41, 5.74) is 6.27. The van der Waals surface area contributed by atoms with E-state index in [4.69, 9.17) is 5.73 Å². The Hall–Kier alpha value is -1.96. The fourth-order valence-electron chi connectivity index (χ4n) is 2.38. The Kier molecular flexibility index (Phi) is 5.26. The molecule has 8 nitrogen and oxygen atoms in total. The van der Waals surface area contributed by atoms with Crippen molar-refractivity contribution < 1.29 is 9.59 Å². The molecule has 1 heterocycles. The summed E-state index contributed by atoms with van der Waals surface area (Å²) < 4.78 is 1.36. The van der Waals surface area contributed by atoms with Crippen LogP contribution in [-0.4, -0.2) is 33.0 Å². The molecule has 1 atom stereocenters. The Bertz CT molecular complexity index is 493. The van der Waals surface area contributed by atoms with Crippen LogP contribution in [-0.2, 0) is 11.3 Å². The number of carbonyl (C=O) groups is 2. The summed E-state index contributed by atoms with van der Waals surface area (Å²) >= 11 is 0. The van der Waals surface area contributed by atoms with Crippen LogP contribution in [0.25, 0.3) is 0 Å². The number of aromatic nitrogens is 3. The van der Waals surface area contributed by atoms with E-state index in [0.29, 0.717) is 5.69 Å². The molecule has 0 aromatic carbocycles. The fourth-order valence-corrected chi connectivity index (χ4v) is 2.38. The van der Waals surface area contributed by atoms with Crippen molar-refractivity contribution in [2.24, 2.45) is 5.73 Å². The van der Waals surface area contributed by atoms with Gasteiger partial charge in [0.15, 0.2) is 0 Å². The maximum atomic E-state index is 11.8. The monoisotopic (exact) mass is 294 g/mol. The number of nitrogens with one attached hydrogen (secondary N) is 2. The molecular formula is C13H22N6O2. The molecule has 0 spiro atoms. The van der Waals surface area contributed by atoms with E-state index in [-0.39, 0.29) is 18.6 Å². The number of hydrogen-bond acceptors (Lipinski definition) is 5. The van der Waals surface area contributed by atoms with E-state index >= 15 is 0 Å². The Morgan fingerprint density at radius 2 is 2.14 bits per heavy atom. The molecule has 0 aliphatic heterocycles. The molecule has 1 fully saturated rings. The normalized spacial score (nSPS) is 17.2. The van der Waals surface area contributed by atoms with Crippen LogP contribution in [0.2, 0.25) is 0 Å². The van der Waals surface area contributed by atoms with E-state index in [1.165, 1.54) is 11.1 Å². The highest BCUT2D eigenvalue weighted by Crippen LogP contribution is 2.17. The van der Waals surface area contributed by atoms with Gasteiger partial charge in [0, 0.05) is 12.1 Å². The minimum atomic E-state index is -0.445. The van der Waals surface area contributed by atoms with Crippen molar-refractivity contribution in [1.29, 1.82) is 0 Å². The molecule has 3 amide bonds. The van der Waals surface area contributed by atoms with Gasteiger partial charge < -0.3 is 11.1 Å². The number of nitrogens with zero attached hydrogens (tertiary/aromatic N) is 3. The van der Waals surface area contributed by atoms with Gasteiger partial charge in [-0.3, -0.25) is 10.1 Å². The first-order valence-electron chi connectivity index (χ1n) is 7.30. The topological polar surface area (TPSA) is 115 Å². The zero-order valence-electron chi connectivity index (χ0n) is 12.2. The van der Waals surface area contributed by atoms with Crippen molar-refractivity contribution in [3.63, 3.8) is 0 Å². The minimum absolute atomic E-state index is 0.0577. The standard InChI is InChI=1S/C13H22N6O2/c1-9(14)11-7-19(18-17-11)8-12(20)16-13(21)15-10-5-3-2-4-6-10/h7,9-10H,2-6,8,14H2,1H3,(H2,15,16,20,21). The van der Waals surface area contributed by atoms with Gasteiger partial charge in [0.05, 0.1) is 11.9 Å². The van der Waals surface area contributed by atoms with E-state index in [2.05, 4.69) is 20.9 Å². The Morgan fingerprint density at radius 3 is 2.76 bits per heavy atom. The summed E-state index contributed by atoms with van der Waals surface area (Å²) in [7, 11) is 0. The van der Waals surface area contributed by atoms with Crippen molar-refractivity contribution in [1.82, 2.24) is 25.6 Å². The molecular weight excluding hydrogens is 272 g/mol. The third kappa shape index (κ3) is 4.82. The van der Waals surface area contributed by atoms with E-state index in [1.807, 2.05) is 0 Å². The van der Waals surface area contributed by atoms with Crippen molar-refractivity contribution in [3.05, 3.63) is 11.9 Å². The highest BCUT2D eigenvalue weighted by molar-refractivity contribution is 5.94. The van der Waals surface area contributed by atoms with Crippen molar-refractivity contribution in [2.75, 3.05) is 0 Å². The Labute approximate surface area is 123 Å². The van der Waals surface area contributed by atoms with Gasteiger partial charge in [-0.05, 0) is 19.8 Å². The quantitative estimate of drug-likeness (QED) is 0.746. The van der Waals surface area contributed by atoms with E-state index in [9.17, 15) is 9.59 Å². The molecule has 4 N–H and O–H groups in total. The number of rotatable bonds is 4. The van der Waals surface area contributed by atoms with Crippen LogP contribution in [0, 0.1) is 0 Å². The van der Waals surface area contributed by atoms with Crippen LogP contribution in [0.1, 0.15) is 50.8 Å². The number of nitrogens with two attached hydrogens (primary N) is 1. The summed E-state index contributed by atoms with van der Waals surface area (Å²) in [6, 6.07) is -0.515. The number of amides is 3. The van der Waals surface area contributed by atoms with Crippen LogP contribution in [0.15, 0.2) is 6.20 Å². The van der Waals surface area contributed by atoms with E-state index in [0.717, 1.165) is 25.7 Å². The first-order chi connectivity index (χ1) is 10.0. The Morgan fingerprint density at radius 1 is 1.43 bits per heavy atom. The van der Waals surface area contributed by atoms with Gasteiger partial charge in [-0.2, -0.15) is 0 Å². The highest BCUT2D eigenvalue weighted by Gasteiger charge is 2.17. The smallest absolute Gasteiger partial charge is 0.321 e. The van der Waals surface area contributed by atoms with E-state index in [1.54, 1.807) is 13.1 Å². The zero-order valence-corrected chi connectivity index (χ0v) is 12.2. The maximum Gasteiger partial charge on any atom is 0.321 e. The third-order valence-electron chi connectivity index (χ3n) is 3.52. The molecule has 1 saturated carbocycles. The number of carbonyl (C=O) groups excluding carboxylic acids is 2. The second-order valence-electron chi connectivity index (χ2n) is 5.49. The third-order valence-corrected chi connectivity index (χ3v) is 3.52. The van der Waals surface area contributed by atoms with Gasteiger partial charge in [-0.15, -0.1) is 5.10 Å². The molecule has 2 rings (SSSR count). The second kappa shape index (κ2) is 7.16. The predicted octanol–water partition coefficient (Wildman–Crippen LogP) is 0.456. The highest BCUT2D eigenvalue weighted by atomic mass is 16.2. The number of hydrogen-bond donors (Lipinski definition) is 3. The molecule has 8 heteroatoms. The molecule has 0 radical (unpaired) electrons. The molecule has 1 aromatic rings. The molecule has 1 aliphatic carbocycles. The lowest BCUT2D eigenvalue weighted by atomic mass is 9.96. The lowest BCUT2D eigenvalue weighted by molar-refractivity contribution is -0.120. The number of imide groups is 1. The minimum Gasteiger partial charge on any atom is -0.335 e. The average molecular weight is 294 g/mol. The van der Waals surface area contributed by atoms with Gasteiger partial charge in [0.2, 0.25) is 5.91 Å². The fraction of sp³-hybridized carbons (Fsp3) is 0.692. The summed E-state index contributed by atoms with van der Waals surface area (Å²) in [6.45, 7) is 1.73. The van der Waals surface area contributed by atoms with Gasteiger partial charge in [0.25, 0.3) is 0 Å². The molecule has 1 aromatic heterocycles. The SMILES string of the molecule is CC(N)c1cn(CC(=O)NC(=O)NC2CCCCC2)nn1. The summed E-state index contributed by atoms with van der Waals surface area (Å²) in [6.07, 6.45) is 7.01. The number of urea groups is 1.